The monoisotopic (exact) mass is 275 g/mol. The predicted molar refractivity (Wildman–Crippen MR) is 65.6 cm³/mol. The number of carboxylic acid groups (broad SMARTS) is 1. The third-order valence-corrected chi connectivity index (χ3v) is 3.68. The minimum Gasteiger partial charge on any atom is -0.478 e. The SMILES string of the molecule is CC(C)CS(=O)(=O)Nc1cccc(F)c1C(=O)O. The fraction of sp³-hybridized carbons (Fsp3) is 0.364. The Morgan fingerprint density at radius 3 is 2.56 bits per heavy atom. The smallest absolute Gasteiger partial charge is 0.340 e. The molecule has 0 aromatic heterocycles. The second-order valence-corrected chi connectivity index (χ2v) is 6.01. The summed E-state index contributed by atoms with van der Waals surface area (Å²) in [6.07, 6.45) is 0. The van der Waals surface area contributed by atoms with Crippen LogP contribution in [0.1, 0.15) is 24.2 Å². The van der Waals surface area contributed by atoms with Crippen LogP contribution in [0.5, 0.6) is 0 Å². The van der Waals surface area contributed by atoms with E-state index in [9.17, 15) is 17.6 Å². The van der Waals surface area contributed by atoms with Crippen LogP contribution in [-0.4, -0.2) is 25.2 Å². The molecule has 0 heterocycles. The van der Waals surface area contributed by atoms with Crippen molar-refractivity contribution in [3.05, 3.63) is 29.6 Å². The van der Waals surface area contributed by atoms with Crippen molar-refractivity contribution in [1.82, 2.24) is 0 Å². The minimum absolute atomic E-state index is 0.121. The van der Waals surface area contributed by atoms with Gasteiger partial charge < -0.3 is 5.11 Å². The van der Waals surface area contributed by atoms with Gasteiger partial charge >= 0.3 is 5.97 Å². The first-order valence-electron chi connectivity index (χ1n) is 5.25. The Balaban J connectivity index is 3.13. The van der Waals surface area contributed by atoms with E-state index in [0.717, 1.165) is 6.07 Å². The van der Waals surface area contributed by atoms with E-state index < -0.39 is 27.4 Å². The van der Waals surface area contributed by atoms with Crippen molar-refractivity contribution in [1.29, 1.82) is 0 Å². The van der Waals surface area contributed by atoms with Crippen LogP contribution in [-0.2, 0) is 10.0 Å². The number of hydrogen-bond donors (Lipinski definition) is 2. The predicted octanol–water partition coefficient (Wildman–Crippen LogP) is 1.92. The molecule has 0 aliphatic carbocycles. The maximum atomic E-state index is 13.3. The molecule has 0 fully saturated rings. The number of carboxylic acids is 1. The Morgan fingerprint density at radius 1 is 1.44 bits per heavy atom. The van der Waals surface area contributed by atoms with Crippen molar-refractivity contribution in [3.8, 4) is 0 Å². The first-order valence-corrected chi connectivity index (χ1v) is 6.90. The van der Waals surface area contributed by atoms with Crippen molar-refractivity contribution in [3.63, 3.8) is 0 Å². The molecule has 2 N–H and O–H groups in total. The van der Waals surface area contributed by atoms with Gasteiger partial charge in [0.15, 0.2) is 0 Å². The van der Waals surface area contributed by atoms with Crippen LogP contribution >= 0.6 is 0 Å². The van der Waals surface area contributed by atoms with Gasteiger partial charge in [-0.3, -0.25) is 4.72 Å². The van der Waals surface area contributed by atoms with Crippen molar-refractivity contribution >= 4 is 21.7 Å². The van der Waals surface area contributed by atoms with Gasteiger partial charge in [0.05, 0.1) is 11.4 Å². The van der Waals surface area contributed by atoms with E-state index in [1.54, 1.807) is 13.8 Å². The Hall–Kier alpha value is -1.63. The zero-order valence-corrected chi connectivity index (χ0v) is 10.8. The van der Waals surface area contributed by atoms with Crippen LogP contribution < -0.4 is 4.72 Å². The zero-order valence-electron chi connectivity index (χ0n) is 9.97. The number of rotatable bonds is 5. The molecule has 0 aliphatic rings. The van der Waals surface area contributed by atoms with Crippen LogP contribution in [0.2, 0.25) is 0 Å². The largest absolute Gasteiger partial charge is 0.478 e. The van der Waals surface area contributed by atoms with Crippen LogP contribution in [0.3, 0.4) is 0 Å². The van der Waals surface area contributed by atoms with Crippen molar-refractivity contribution in [2.75, 3.05) is 10.5 Å². The average Bonchev–Trinajstić information content (AvgIpc) is 2.13. The molecule has 7 heteroatoms. The number of carbonyl (C=O) groups is 1. The molecule has 0 amide bonds. The molecule has 1 aromatic rings. The maximum Gasteiger partial charge on any atom is 0.340 e. The summed E-state index contributed by atoms with van der Waals surface area (Å²) in [6, 6.07) is 3.42. The highest BCUT2D eigenvalue weighted by Crippen LogP contribution is 2.20. The lowest BCUT2D eigenvalue weighted by Crippen LogP contribution is -2.21. The van der Waals surface area contributed by atoms with Gasteiger partial charge in [0.25, 0.3) is 0 Å². The van der Waals surface area contributed by atoms with E-state index in [1.165, 1.54) is 12.1 Å². The van der Waals surface area contributed by atoms with E-state index in [0.29, 0.717) is 0 Å². The average molecular weight is 275 g/mol. The standard InChI is InChI=1S/C11H14FNO4S/c1-7(2)6-18(16,17)13-9-5-3-4-8(12)10(9)11(14)15/h3-5,7,13H,6H2,1-2H3,(H,14,15). The second kappa shape index (κ2) is 5.34. The lowest BCUT2D eigenvalue weighted by molar-refractivity contribution is 0.0693. The Bertz CT molecular complexity index is 554. The van der Waals surface area contributed by atoms with E-state index in [2.05, 4.69) is 4.72 Å². The van der Waals surface area contributed by atoms with Crippen molar-refractivity contribution in [2.45, 2.75) is 13.8 Å². The maximum absolute atomic E-state index is 13.3. The van der Waals surface area contributed by atoms with Gasteiger partial charge in [0, 0.05) is 0 Å². The summed E-state index contributed by atoms with van der Waals surface area (Å²) >= 11 is 0. The van der Waals surface area contributed by atoms with Crippen LogP contribution in [0.25, 0.3) is 0 Å². The highest BCUT2D eigenvalue weighted by molar-refractivity contribution is 7.92. The molecule has 0 spiro atoms. The first-order chi connectivity index (χ1) is 8.23. The van der Waals surface area contributed by atoms with Gasteiger partial charge in [-0.2, -0.15) is 0 Å². The minimum atomic E-state index is -3.69. The number of sulfonamides is 1. The molecule has 0 atom stereocenters. The van der Waals surface area contributed by atoms with E-state index in [4.69, 9.17) is 5.11 Å². The van der Waals surface area contributed by atoms with Gasteiger partial charge in [0.1, 0.15) is 11.4 Å². The summed E-state index contributed by atoms with van der Waals surface area (Å²) in [7, 11) is -3.69. The number of halogens is 1. The highest BCUT2D eigenvalue weighted by Gasteiger charge is 2.20. The molecule has 1 aromatic carbocycles. The third-order valence-electron chi connectivity index (χ3n) is 2.05. The summed E-state index contributed by atoms with van der Waals surface area (Å²) in [5.74, 6) is -2.78. The first kappa shape index (κ1) is 14.4. The highest BCUT2D eigenvalue weighted by atomic mass is 32.2. The van der Waals surface area contributed by atoms with Crippen molar-refractivity contribution in [2.24, 2.45) is 5.92 Å². The van der Waals surface area contributed by atoms with Gasteiger partial charge in [0.2, 0.25) is 10.0 Å². The lowest BCUT2D eigenvalue weighted by Gasteiger charge is -2.12. The molecular weight excluding hydrogens is 261 g/mol. The summed E-state index contributed by atoms with van der Waals surface area (Å²) in [4.78, 5) is 10.9. The Kier molecular flexibility index (Phi) is 4.28. The molecule has 0 radical (unpaired) electrons. The number of anilines is 1. The van der Waals surface area contributed by atoms with E-state index in [-0.39, 0.29) is 17.4 Å². The fourth-order valence-electron chi connectivity index (χ4n) is 1.47. The number of aromatic carboxylic acids is 1. The van der Waals surface area contributed by atoms with Gasteiger partial charge in [-0.25, -0.2) is 17.6 Å². The topological polar surface area (TPSA) is 83.5 Å². The number of hydrogen-bond acceptors (Lipinski definition) is 3. The summed E-state index contributed by atoms with van der Waals surface area (Å²) in [5.41, 5.74) is -0.937. The molecular formula is C11H14FNO4S. The van der Waals surface area contributed by atoms with Crippen LogP contribution in [0.4, 0.5) is 10.1 Å². The summed E-state index contributed by atoms with van der Waals surface area (Å²) in [5, 5.41) is 8.85. The molecule has 18 heavy (non-hydrogen) atoms. The molecule has 0 unspecified atom stereocenters. The lowest BCUT2D eigenvalue weighted by atomic mass is 10.2. The van der Waals surface area contributed by atoms with Gasteiger partial charge in [-0.1, -0.05) is 19.9 Å². The van der Waals surface area contributed by atoms with Gasteiger partial charge in [-0.15, -0.1) is 0 Å². The molecule has 0 saturated heterocycles. The van der Waals surface area contributed by atoms with Crippen LogP contribution in [0.15, 0.2) is 18.2 Å². The number of nitrogens with one attached hydrogen (secondary N) is 1. The quantitative estimate of drug-likeness (QED) is 0.860. The fourth-order valence-corrected chi connectivity index (χ4v) is 2.94. The molecule has 0 aliphatic heterocycles. The molecule has 1 rings (SSSR count). The zero-order chi connectivity index (χ0) is 13.9. The molecule has 0 saturated carbocycles. The summed E-state index contributed by atoms with van der Waals surface area (Å²) < 4.78 is 38.8. The molecule has 0 bridgehead atoms. The Morgan fingerprint density at radius 2 is 2.06 bits per heavy atom. The van der Waals surface area contributed by atoms with E-state index in [1.807, 2.05) is 0 Å². The van der Waals surface area contributed by atoms with Crippen molar-refractivity contribution < 1.29 is 22.7 Å². The van der Waals surface area contributed by atoms with Crippen LogP contribution in [0, 0.1) is 11.7 Å². The molecule has 100 valence electrons. The van der Waals surface area contributed by atoms with E-state index >= 15 is 0 Å². The normalized spacial score (nSPS) is 11.6. The molecule has 5 nitrogen and oxygen atoms in total. The second-order valence-electron chi connectivity index (χ2n) is 4.24. The third kappa shape index (κ3) is 3.69. The Labute approximate surface area is 105 Å². The van der Waals surface area contributed by atoms with Gasteiger partial charge in [-0.05, 0) is 18.1 Å². The number of benzene rings is 1. The summed E-state index contributed by atoms with van der Waals surface area (Å²) in [6.45, 7) is 3.42.